The van der Waals surface area contributed by atoms with E-state index in [4.69, 9.17) is 4.52 Å². The summed E-state index contributed by atoms with van der Waals surface area (Å²) in [5, 5.41) is 6.19. The predicted octanol–water partition coefficient (Wildman–Crippen LogP) is 3.66. The smallest absolute Gasteiger partial charge is 0.340 e. The van der Waals surface area contributed by atoms with Crippen LogP contribution in [0.5, 0.6) is 0 Å². The standard InChI is InChI=1S/C18H12F2N2O4/c1-25-18(24)13-8-12(5-6-14(13)20)21-17(23)16-9-15(22-26-16)10-3-2-4-11(19)7-10/h2-9H,1H3,(H,21,23). The third-order valence-corrected chi connectivity index (χ3v) is 3.48. The summed E-state index contributed by atoms with van der Waals surface area (Å²) in [5.41, 5.74) is 0.579. The number of aromatic nitrogens is 1. The van der Waals surface area contributed by atoms with Crippen molar-refractivity contribution in [3.8, 4) is 11.3 Å². The normalized spacial score (nSPS) is 10.4. The summed E-state index contributed by atoms with van der Waals surface area (Å²) in [6.07, 6.45) is 0. The molecular weight excluding hydrogens is 346 g/mol. The summed E-state index contributed by atoms with van der Waals surface area (Å²) in [6, 6.07) is 10.5. The van der Waals surface area contributed by atoms with Crippen molar-refractivity contribution in [2.24, 2.45) is 0 Å². The van der Waals surface area contributed by atoms with Crippen molar-refractivity contribution in [2.75, 3.05) is 12.4 Å². The van der Waals surface area contributed by atoms with E-state index in [2.05, 4.69) is 15.2 Å². The second-order valence-corrected chi connectivity index (χ2v) is 5.23. The van der Waals surface area contributed by atoms with Crippen LogP contribution in [0.4, 0.5) is 14.5 Å². The number of benzene rings is 2. The van der Waals surface area contributed by atoms with Gasteiger partial charge in [-0.15, -0.1) is 0 Å². The van der Waals surface area contributed by atoms with Crippen molar-refractivity contribution in [1.82, 2.24) is 5.16 Å². The molecule has 1 amide bonds. The molecule has 0 aliphatic carbocycles. The number of carbonyl (C=O) groups is 2. The van der Waals surface area contributed by atoms with Gasteiger partial charge in [0.15, 0.2) is 0 Å². The molecule has 26 heavy (non-hydrogen) atoms. The van der Waals surface area contributed by atoms with Crippen molar-refractivity contribution < 1.29 is 27.6 Å². The van der Waals surface area contributed by atoms with Gasteiger partial charge in [-0.1, -0.05) is 17.3 Å². The molecule has 6 nitrogen and oxygen atoms in total. The summed E-state index contributed by atoms with van der Waals surface area (Å²) >= 11 is 0. The fraction of sp³-hybridized carbons (Fsp3) is 0.0556. The SMILES string of the molecule is COC(=O)c1cc(NC(=O)c2cc(-c3cccc(F)c3)no2)ccc1F. The maximum absolute atomic E-state index is 13.6. The van der Waals surface area contributed by atoms with E-state index in [0.29, 0.717) is 5.56 Å². The van der Waals surface area contributed by atoms with Gasteiger partial charge in [0.1, 0.15) is 17.3 Å². The first-order chi connectivity index (χ1) is 12.5. The Morgan fingerprint density at radius 2 is 1.92 bits per heavy atom. The zero-order chi connectivity index (χ0) is 18.7. The van der Waals surface area contributed by atoms with Crippen LogP contribution in [-0.2, 0) is 4.74 Å². The molecule has 8 heteroatoms. The first-order valence-electron chi connectivity index (χ1n) is 7.40. The van der Waals surface area contributed by atoms with E-state index in [9.17, 15) is 18.4 Å². The average Bonchev–Trinajstić information content (AvgIpc) is 3.13. The Bertz CT molecular complexity index is 985. The molecule has 1 aromatic heterocycles. The summed E-state index contributed by atoms with van der Waals surface area (Å²) in [5.74, 6) is -2.89. The molecule has 1 heterocycles. The lowest BCUT2D eigenvalue weighted by atomic mass is 10.1. The topological polar surface area (TPSA) is 81.4 Å². The van der Waals surface area contributed by atoms with Gasteiger partial charge in [0.05, 0.1) is 12.7 Å². The van der Waals surface area contributed by atoms with Crippen LogP contribution in [0, 0.1) is 11.6 Å². The number of rotatable bonds is 4. The van der Waals surface area contributed by atoms with E-state index >= 15 is 0 Å². The molecule has 0 unspecified atom stereocenters. The quantitative estimate of drug-likeness (QED) is 0.720. The fourth-order valence-electron chi connectivity index (χ4n) is 2.23. The fourth-order valence-corrected chi connectivity index (χ4v) is 2.23. The minimum absolute atomic E-state index is 0.131. The highest BCUT2D eigenvalue weighted by molar-refractivity contribution is 6.03. The number of hydrogen-bond acceptors (Lipinski definition) is 5. The number of halogens is 2. The maximum atomic E-state index is 13.6. The molecular formula is C18H12F2N2O4. The van der Waals surface area contributed by atoms with Gasteiger partial charge >= 0.3 is 5.97 Å². The maximum Gasteiger partial charge on any atom is 0.340 e. The van der Waals surface area contributed by atoms with Gasteiger partial charge in [0.2, 0.25) is 5.76 Å². The van der Waals surface area contributed by atoms with Crippen molar-refractivity contribution >= 4 is 17.6 Å². The Morgan fingerprint density at radius 1 is 1.12 bits per heavy atom. The van der Waals surface area contributed by atoms with E-state index in [1.165, 1.54) is 30.3 Å². The number of hydrogen-bond donors (Lipinski definition) is 1. The zero-order valence-electron chi connectivity index (χ0n) is 13.5. The van der Waals surface area contributed by atoms with E-state index in [1.807, 2.05) is 0 Å². The first kappa shape index (κ1) is 17.3. The molecule has 0 aliphatic rings. The summed E-state index contributed by atoms with van der Waals surface area (Å²) in [6.45, 7) is 0. The molecule has 0 saturated heterocycles. The molecule has 3 aromatic rings. The van der Waals surface area contributed by atoms with Crippen LogP contribution in [0.3, 0.4) is 0 Å². The lowest BCUT2D eigenvalue weighted by Crippen LogP contribution is -2.12. The first-order valence-corrected chi connectivity index (χ1v) is 7.40. The van der Waals surface area contributed by atoms with E-state index < -0.39 is 23.5 Å². The molecule has 0 spiro atoms. The monoisotopic (exact) mass is 358 g/mol. The van der Waals surface area contributed by atoms with Crippen molar-refractivity contribution in [1.29, 1.82) is 0 Å². The molecule has 0 fully saturated rings. The average molecular weight is 358 g/mol. The Kier molecular flexibility index (Phi) is 4.74. The highest BCUT2D eigenvalue weighted by Gasteiger charge is 2.17. The van der Waals surface area contributed by atoms with Gasteiger partial charge in [-0.3, -0.25) is 4.79 Å². The van der Waals surface area contributed by atoms with Crippen LogP contribution in [-0.4, -0.2) is 24.1 Å². The van der Waals surface area contributed by atoms with Crippen LogP contribution in [0.25, 0.3) is 11.3 Å². The zero-order valence-corrected chi connectivity index (χ0v) is 13.5. The third kappa shape index (κ3) is 3.59. The molecule has 2 aromatic carbocycles. The van der Waals surface area contributed by atoms with Crippen molar-refractivity contribution in [3.05, 3.63) is 71.5 Å². The number of ether oxygens (including phenoxy) is 1. The van der Waals surface area contributed by atoms with Crippen LogP contribution in [0.1, 0.15) is 20.9 Å². The molecule has 0 saturated carbocycles. The van der Waals surface area contributed by atoms with Crippen molar-refractivity contribution in [3.63, 3.8) is 0 Å². The summed E-state index contributed by atoms with van der Waals surface area (Å²) in [4.78, 5) is 23.7. The second kappa shape index (κ2) is 7.14. The third-order valence-electron chi connectivity index (χ3n) is 3.48. The number of nitrogens with zero attached hydrogens (tertiary/aromatic N) is 1. The molecule has 0 atom stereocenters. The number of nitrogens with one attached hydrogen (secondary N) is 1. The highest BCUT2D eigenvalue weighted by atomic mass is 19.1. The molecule has 1 N–H and O–H groups in total. The van der Waals surface area contributed by atoms with Gasteiger partial charge < -0.3 is 14.6 Å². The van der Waals surface area contributed by atoms with Gasteiger partial charge in [-0.25, -0.2) is 13.6 Å². The van der Waals surface area contributed by atoms with Gasteiger partial charge in [-0.05, 0) is 30.3 Å². The molecule has 0 aliphatic heterocycles. The van der Waals surface area contributed by atoms with E-state index in [1.54, 1.807) is 6.07 Å². The lowest BCUT2D eigenvalue weighted by molar-refractivity contribution is 0.0595. The summed E-state index contributed by atoms with van der Waals surface area (Å²) < 4.78 is 36.3. The van der Waals surface area contributed by atoms with Gasteiger partial charge in [0, 0.05) is 17.3 Å². The van der Waals surface area contributed by atoms with Crippen LogP contribution in [0.2, 0.25) is 0 Å². The van der Waals surface area contributed by atoms with Crippen LogP contribution >= 0.6 is 0 Å². The number of anilines is 1. The van der Waals surface area contributed by atoms with E-state index in [-0.39, 0.29) is 22.7 Å². The van der Waals surface area contributed by atoms with Crippen molar-refractivity contribution in [2.45, 2.75) is 0 Å². The predicted molar refractivity (Wildman–Crippen MR) is 87.6 cm³/mol. The molecule has 132 valence electrons. The Labute approximate surface area is 146 Å². The molecule has 3 rings (SSSR count). The Balaban J connectivity index is 1.80. The minimum Gasteiger partial charge on any atom is -0.465 e. The number of methoxy groups -OCH3 is 1. The summed E-state index contributed by atoms with van der Waals surface area (Å²) in [7, 11) is 1.12. The molecule has 0 bridgehead atoms. The number of carbonyl (C=O) groups excluding carboxylic acids is 2. The number of esters is 1. The Morgan fingerprint density at radius 3 is 2.65 bits per heavy atom. The number of amides is 1. The highest BCUT2D eigenvalue weighted by Crippen LogP contribution is 2.21. The Hall–Kier alpha value is -3.55. The minimum atomic E-state index is -0.869. The van der Waals surface area contributed by atoms with Gasteiger partial charge in [0.25, 0.3) is 5.91 Å². The largest absolute Gasteiger partial charge is 0.465 e. The van der Waals surface area contributed by atoms with Crippen LogP contribution in [0.15, 0.2) is 53.1 Å². The van der Waals surface area contributed by atoms with Gasteiger partial charge in [-0.2, -0.15) is 0 Å². The molecule has 0 radical (unpaired) electrons. The van der Waals surface area contributed by atoms with Crippen LogP contribution < -0.4 is 5.32 Å². The van der Waals surface area contributed by atoms with E-state index in [0.717, 1.165) is 19.2 Å². The lowest BCUT2D eigenvalue weighted by Gasteiger charge is -2.06. The second-order valence-electron chi connectivity index (χ2n) is 5.23.